The Labute approximate surface area is 224 Å². The van der Waals surface area contributed by atoms with Crippen LogP contribution in [0, 0.1) is 3.57 Å². The molecule has 0 radical (unpaired) electrons. The van der Waals surface area contributed by atoms with E-state index in [1.807, 2.05) is 29.6 Å². The van der Waals surface area contributed by atoms with Gasteiger partial charge in [-0.15, -0.1) is 0 Å². The van der Waals surface area contributed by atoms with Gasteiger partial charge in [0.25, 0.3) is 0 Å². The molecule has 0 saturated heterocycles. The average molecular weight is 619 g/mol. The Morgan fingerprint density at radius 3 is 2.06 bits per heavy atom. The van der Waals surface area contributed by atoms with Gasteiger partial charge in [0.1, 0.15) is 4.90 Å². The molecular formula is C27H26INO6S. The summed E-state index contributed by atoms with van der Waals surface area (Å²) in [4.78, 5) is 28.6. The lowest BCUT2D eigenvalue weighted by Crippen LogP contribution is -2.37. The number of Topliss-reactive ketones (excluding diaryl/α,β-unsaturated/α-hetero) is 2. The van der Waals surface area contributed by atoms with Crippen molar-refractivity contribution in [3.05, 3.63) is 74.1 Å². The number of benzene rings is 2. The van der Waals surface area contributed by atoms with Crippen LogP contribution < -0.4 is 8.92 Å². The predicted octanol–water partition coefficient (Wildman–Crippen LogP) is 5.11. The van der Waals surface area contributed by atoms with Crippen LogP contribution in [0.4, 0.5) is 0 Å². The van der Waals surface area contributed by atoms with Gasteiger partial charge in [-0.2, -0.15) is 8.42 Å². The van der Waals surface area contributed by atoms with Crippen molar-refractivity contribution in [3.8, 4) is 11.5 Å². The fourth-order valence-electron chi connectivity index (χ4n) is 5.42. The first-order chi connectivity index (χ1) is 17.2. The van der Waals surface area contributed by atoms with E-state index in [9.17, 15) is 18.0 Å². The van der Waals surface area contributed by atoms with Gasteiger partial charge in [0, 0.05) is 48.3 Å². The third-order valence-electron chi connectivity index (χ3n) is 7.05. The number of halogens is 1. The molecule has 2 aromatic carbocycles. The van der Waals surface area contributed by atoms with Crippen LogP contribution in [-0.2, 0) is 19.7 Å². The number of allylic oxidation sites excluding steroid dienone is 4. The average Bonchev–Trinajstić information content (AvgIpc) is 2.87. The minimum Gasteiger partial charge on any atom is -0.493 e. The topological polar surface area (TPSA) is 90.0 Å². The molecule has 188 valence electrons. The van der Waals surface area contributed by atoms with Crippen LogP contribution in [0.1, 0.15) is 50.0 Å². The largest absolute Gasteiger partial charge is 0.493 e. The van der Waals surface area contributed by atoms with Crippen molar-refractivity contribution in [1.29, 1.82) is 0 Å². The molecule has 0 N–H and O–H groups in total. The molecule has 2 aliphatic carbocycles. The highest BCUT2D eigenvalue weighted by atomic mass is 127. The van der Waals surface area contributed by atoms with Gasteiger partial charge in [0.05, 0.1) is 10.7 Å². The molecule has 0 saturated carbocycles. The van der Waals surface area contributed by atoms with E-state index < -0.39 is 16.0 Å². The number of carbonyl (C=O) groups excluding carboxylic acids is 2. The molecule has 1 heterocycles. The van der Waals surface area contributed by atoms with E-state index in [-0.39, 0.29) is 28.0 Å². The summed E-state index contributed by atoms with van der Waals surface area (Å²) in [5.41, 5.74) is 4.01. The lowest BCUT2D eigenvalue weighted by molar-refractivity contribution is -0.117. The summed E-state index contributed by atoms with van der Waals surface area (Å²) >= 11 is 2.02. The van der Waals surface area contributed by atoms with E-state index in [1.165, 1.54) is 19.2 Å². The zero-order chi connectivity index (χ0) is 25.6. The smallest absolute Gasteiger partial charge is 0.339 e. The van der Waals surface area contributed by atoms with Crippen molar-refractivity contribution in [2.75, 3.05) is 14.2 Å². The van der Waals surface area contributed by atoms with Gasteiger partial charge in [-0.25, -0.2) is 0 Å². The second-order valence-electron chi connectivity index (χ2n) is 9.15. The fraction of sp³-hybridized carbons (Fsp3) is 0.333. The highest BCUT2D eigenvalue weighted by Crippen LogP contribution is 2.50. The van der Waals surface area contributed by atoms with Crippen molar-refractivity contribution in [1.82, 2.24) is 4.90 Å². The highest BCUT2D eigenvalue weighted by molar-refractivity contribution is 14.1. The third-order valence-corrected chi connectivity index (χ3v) is 9.09. The number of ketones is 2. The van der Waals surface area contributed by atoms with Crippen molar-refractivity contribution in [2.24, 2.45) is 0 Å². The van der Waals surface area contributed by atoms with Crippen LogP contribution >= 0.6 is 22.6 Å². The second-order valence-corrected chi connectivity index (χ2v) is 11.9. The van der Waals surface area contributed by atoms with Gasteiger partial charge >= 0.3 is 10.1 Å². The molecule has 0 fully saturated rings. The van der Waals surface area contributed by atoms with Gasteiger partial charge in [0.2, 0.25) is 0 Å². The summed E-state index contributed by atoms with van der Waals surface area (Å²) < 4.78 is 37.5. The quantitative estimate of drug-likeness (QED) is 0.340. The maximum atomic E-state index is 13.2. The van der Waals surface area contributed by atoms with E-state index in [1.54, 1.807) is 30.3 Å². The summed E-state index contributed by atoms with van der Waals surface area (Å²) in [7, 11) is -0.692. The molecule has 0 amide bonds. The molecule has 7 nitrogen and oxygen atoms in total. The van der Waals surface area contributed by atoms with E-state index >= 15 is 0 Å². The molecular weight excluding hydrogens is 593 g/mol. The first kappa shape index (κ1) is 25.0. The molecule has 0 bridgehead atoms. The summed E-state index contributed by atoms with van der Waals surface area (Å²) in [6.45, 7) is 0. The van der Waals surface area contributed by atoms with Crippen LogP contribution in [0.15, 0.2) is 69.9 Å². The van der Waals surface area contributed by atoms with Gasteiger partial charge in [0.15, 0.2) is 23.1 Å². The summed E-state index contributed by atoms with van der Waals surface area (Å²) in [5, 5.41) is 0. The summed E-state index contributed by atoms with van der Waals surface area (Å²) in [6, 6.07) is 11.4. The number of nitrogens with zero attached hydrogens (tertiary/aromatic N) is 1. The van der Waals surface area contributed by atoms with Crippen molar-refractivity contribution >= 4 is 44.3 Å². The Morgan fingerprint density at radius 1 is 0.917 bits per heavy atom. The number of hydrogen-bond donors (Lipinski definition) is 0. The van der Waals surface area contributed by atoms with Crippen LogP contribution in [0.2, 0.25) is 0 Å². The lowest BCUT2D eigenvalue weighted by atomic mass is 9.71. The normalized spacial score (nSPS) is 18.8. The van der Waals surface area contributed by atoms with Crippen LogP contribution in [-0.4, -0.2) is 39.0 Å². The number of carbonyl (C=O) groups is 2. The number of methoxy groups -OCH3 is 1. The first-order valence-electron chi connectivity index (χ1n) is 11.9. The van der Waals surface area contributed by atoms with Crippen molar-refractivity contribution in [3.63, 3.8) is 0 Å². The molecule has 5 rings (SSSR count). The fourth-order valence-corrected chi connectivity index (χ4v) is 7.28. The van der Waals surface area contributed by atoms with Crippen molar-refractivity contribution < 1.29 is 26.9 Å². The van der Waals surface area contributed by atoms with E-state index in [2.05, 4.69) is 4.90 Å². The minimum absolute atomic E-state index is 0.0347. The summed E-state index contributed by atoms with van der Waals surface area (Å²) in [5.74, 6) is -0.0925. The molecule has 3 aliphatic rings. The van der Waals surface area contributed by atoms with Crippen LogP contribution in [0.3, 0.4) is 0 Å². The van der Waals surface area contributed by atoms with E-state index in [0.717, 1.165) is 42.6 Å². The molecule has 0 spiro atoms. The molecule has 36 heavy (non-hydrogen) atoms. The van der Waals surface area contributed by atoms with Crippen LogP contribution in [0.25, 0.3) is 0 Å². The zero-order valence-electron chi connectivity index (χ0n) is 20.0. The Morgan fingerprint density at radius 2 is 1.50 bits per heavy atom. The molecule has 2 aromatic rings. The standard InChI is InChI=1S/C27H26INO6S/c1-29-19-10-6-12-21(30)25(19)24(26-20(29)11-7-13-22(26)31)16-14-18(28)27(23(15-16)34-2)35-36(32,33)17-8-4-3-5-9-17/h3-5,8-9,14-15,24H,6-7,10-13H2,1-2H3. The Hall–Kier alpha value is -2.66. The Balaban J connectivity index is 1.65. The molecule has 0 aromatic heterocycles. The molecule has 9 heteroatoms. The van der Waals surface area contributed by atoms with E-state index in [4.69, 9.17) is 8.92 Å². The first-order valence-corrected chi connectivity index (χ1v) is 14.3. The molecule has 0 unspecified atom stereocenters. The Kier molecular flexibility index (Phi) is 6.71. The van der Waals surface area contributed by atoms with Crippen molar-refractivity contribution in [2.45, 2.75) is 49.3 Å². The Bertz CT molecular complexity index is 1380. The number of rotatable bonds is 5. The minimum atomic E-state index is -4.09. The lowest BCUT2D eigenvalue weighted by Gasteiger charge is -2.42. The van der Waals surface area contributed by atoms with Gasteiger partial charge in [-0.3, -0.25) is 9.59 Å². The number of hydrogen-bond acceptors (Lipinski definition) is 7. The zero-order valence-corrected chi connectivity index (χ0v) is 23.0. The second kappa shape index (κ2) is 9.66. The highest BCUT2D eigenvalue weighted by Gasteiger charge is 2.42. The number of ether oxygens (including phenoxy) is 1. The third kappa shape index (κ3) is 4.26. The SMILES string of the molecule is COc1cc(C2C3=C(CCCC3=O)N(C)C3=C2C(=O)CCC3)cc(I)c1OS(=O)(=O)c1ccccc1. The van der Waals surface area contributed by atoms with Gasteiger partial charge in [-0.1, -0.05) is 18.2 Å². The van der Waals surface area contributed by atoms with E-state index in [0.29, 0.717) is 27.6 Å². The maximum absolute atomic E-state index is 13.2. The summed E-state index contributed by atoms with van der Waals surface area (Å²) in [6.07, 6.45) is 4.04. The monoisotopic (exact) mass is 619 g/mol. The molecule has 1 aliphatic heterocycles. The van der Waals surface area contributed by atoms with Gasteiger partial charge < -0.3 is 13.8 Å². The maximum Gasteiger partial charge on any atom is 0.339 e. The molecule has 0 atom stereocenters. The van der Waals surface area contributed by atoms with Gasteiger partial charge in [-0.05, 0) is 78.1 Å². The predicted molar refractivity (Wildman–Crippen MR) is 142 cm³/mol. The van der Waals surface area contributed by atoms with Crippen LogP contribution in [0.5, 0.6) is 11.5 Å².